The Bertz CT molecular complexity index is 446. The van der Waals surface area contributed by atoms with Gasteiger partial charge in [-0.1, -0.05) is 17.7 Å². The van der Waals surface area contributed by atoms with Crippen LogP contribution in [0.25, 0.3) is 0 Å². The zero-order valence-electron chi connectivity index (χ0n) is 10.5. The molecule has 0 atom stereocenters. The summed E-state index contributed by atoms with van der Waals surface area (Å²) in [5.41, 5.74) is 1.25. The molecule has 0 spiro atoms. The Balaban J connectivity index is 2.51. The van der Waals surface area contributed by atoms with Gasteiger partial charge in [0, 0.05) is 17.1 Å². The van der Waals surface area contributed by atoms with E-state index < -0.39 is 0 Å². The minimum absolute atomic E-state index is 0.166. The Morgan fingerprint density at radius 2 is 2.11 bits per heavy atom. The highest BCUT2D eigenvalue weighted by molar-refractivity contribution is 6.31. The van der Waals surface area contributed by atoms with E-state index in [0.29, 0.717) is 17.2 Å². The van der Waals surface area contributed by atoms with E-state index in [1.54, 1.807) is 32.0 Å². The first-order valence-electron chi connectivity index (χ1n) is 5.75. The smallest absolute Gasteiger partial charge is 0.307 e. The van der Waals surface area contributed by atoms with Crippen molar-refractivity contribution < 1.29 is 14.3 Å². The molecule has 0 radical (unpaired) electrons. The zero-order chi connectivity index (χ0) is 13.5. The standard InChI is InChI=1S/C13H16ClNO3/c1-3-18-12(16)7-8-15-13(17)10-5-4-6-11(14)9(10)2/h4-6H,3,7-8H2,1-2H3,(H,15,17). The van der Waals surface area contributed by atoms with Crippen LogP contribution in [-0.2, 0) is 9.53 Å². The fraction of sp³-hybridized carbons (Fsp3) is 0.385. The molecule has 0 aliphatic rings. The number of carbonyl (C=O) groups excluding carboxylic acids is 2. The van der Waals surface area contributed by atoms with Crippen LogP contribution in [0.2, 0.25) is 5.02 Å². The lowest BCUT2D eigenvalue weighted by Crippen LogP contribution is -2.27. The number of nitrogens with one attached hydrogen (secondary N) is 1. The van der Waals surface area contributed by atoms with Crippen LogP contribution in [-0.4, -0.2) is 25.0 Å². The summed E-state index contributed by atoms with van der Waals surface area (Å²) in [7, 11) is 0. The van der Waals surface area contributed by atoms with E-state index in [2.05, 4.69) is 5.32 Å². The molecular formula is C13H16ClNO3. The first kappa shape index (κ1) is 14.5. The molecule has 0 bridgehead atoms. The first-order chi connectivity index (χ1) is 8.56. The van der Waals surface area contributed by atoms with Crippen LogP contribution >= 0.6 is 11.6 Å². The fourth-order valence-corrected chi connectivity index (χ4v) is 1.63. The molecule has 0 saturated carbocycles. The lowest BCUT2D eigenvalue weighted by atomic mass is 10.1. The van der Waals surface area contributed by atoms with E-state index in [1.165, 1.54) is 0 Å². The summed E-state index contributed by atoms with van der Waals surface area (Å²) in [6, 6.07) is 5.14. The predicted octanol–water partition coefficient (Wildman–Crippen LogP) is 2.33. The summed E-state index contributed by atoms with van der Waals surface area (Å²) in [5.74, 6) is -0.556. The van der Waals surface area contributed by atoms with Crippen molar-refractivity contribution in [3.8, 4) is 0 Å². The van der Waals surface area contributed by atoms with Crippen LogP contribution in [0.5, 0.6) is 0 Å². The molecule has 18 heavy (non-hydrogen) atoms. The average molecular weight is 270 g/mol. The maximum atomic E-state index is 11.8. The summed E-state index contributed by atoms with van der Waals surface area (Å²) >= 11 is 5.93. The van der Waals surface area contributed by atoms with E-state index in [1.807, 2.05) is 0 Å². The molecule has 1 rings (SSSR count). The molecule has 5 heteroatoms. The number of amides is 1. The third-order valence-corrected chi connectivity index (χ3v) is 2.84. The second-order valence-corrected chi connectivity index (χ2v) is 4.13. The molecule has 0 heterocycles. The molecule has 0 unspecified atom stereocenters. The zero-order valence-corrected chi connectivity index (χ0v) is 11.2. The minimum atomic E-state index is -0.319. The fourth-order valence-electron chi connectivity index (χ4n) is 1.46. The highest BCUT2D eigenvalue weighted by atomic mass is 35.5. The number of ether oxygens (including phenoxy) is 1. The molecule has 0 aliphatic heterocycles. The van der Waals surface area contributed by atoms with E-state index in [9.17, 15) is 9.59 Å². The molecule has 1 amide bonds. The molecule has 0 aromatic heterocycles. The van der Waals surface area contributed by atoms with Crippen molar-refractivity contribution in [3.63, 3.8) is 0 Å². The highest BCUT2D eigenvalue weighted by Crippen LogP contribution is 2.18. The van der Waals surface area contributed by atoms with Crippen molar-refractivity contribution in [2.45, 2.75) is 20.3 Å². The summed E-state index contributed by atoms with van der Waals surface area (Å²) in [6.45, 7) is 4.12. The second-order valence-electron chi connectivity index (χ2n) is 3.72. The van der Waals surface area contributed by atoms with E-state index in [4.69, 9.17) is 16.3 Å². The third-order valence-electron chi connectivity index (χ3n) is 2.43. The quantitative estimate of drug-likeness (QED) is 0.835. The van der Waals surface area contributed by atoms with Crippen molar-refractivity contribution in [3.05, 3.63) is 34.3 Å². The van der Waals surface area contributed by atoms with Gasteiger partial charge in [0.2, 0.25) is 0 Å². The number of carbonyl (C=O) groups is 2. The van der Waals surface area contributed by atoms with Gasteiger partial charge in [-0.05, 0) is 31.5 Å². The third kappa shape index (κ3) is 4.04. The maximum absolute atomic E-state index is 11.8. The topological polar surface area (TPSA) is 55.4 Å². The Morgan fingerprint density at radius 3 is 2.78 bits per heavy atom. The van der Waals surface area contributed by atoms with Gasteiger partial charge in [-0.2, -0.15) is 0 Å². The first-order valence-corrected chi connectivity index (χ1v) is 6.13. The number of halogens is 1. The lowest BCUT2D eigenvalue weighted by Gasteiger charge is -2.08. The van der Waals surface area contributed by atoms with Crippen molar-refractivity contribution >= 4 is 23.5 Å². The van der Waals surface area contributed by atoms with E-state index >= 15 is 0 Å². The molecule has 1 N–H and O–H groups in total. The Morgan fingerprint density at radius 1 is 1.39 bits per heavy atom. The maximum Gasteiger partial charge on any atom is 0.307 e. The van der Waals surface area contributed by atoms with Gasteiger partial charge >= 0.3 is 5.97 Å². The molecule has 1 aromatic rings. The van der Waals surface area contributed by atoms with Gasteiger partial charge in [0.05, 0.1) is 13.0 Å². The predicted molar refractivity (Wildman–Crippen MR) is 69.8 cm³/mol. The van der Waals surface area contributed by atoms with Crippen molar-refractivity contribution in [2.75, 3.05) is 13.2 Å². The Kier molecular flexibility index (Phi) is 5.65. The Hall–Kier alpha value is -1.55. The summed E-state index contributed by atoms with van der Waals surface area (Å²) in [4.78, 5) is 22.9. The molecule has 0 saturated heterocycles. The van der Waals surface area contributed by atoms with Crippen LogP contribution in [0.3, 0.4) is 0 Å². The van der Waals surface area contributed by atoms with Crippen LogP contribution in [0.1, 0.15) is 29.3 Å². The summed E-state index contributed by atoms with van der Waals surface area (Å²) in [5, 5.41) is 3.21. The molecule has 1 aromatic carbocycles. The van der Waals surface area contributed by atoms with Crippen molar-refractivity contribution in [1.82, 2.24) is 5.32 Å². The van der Waals surface area contributed by atoms with Gasteiger partial charge in [0.1, 0.15) is 0 Å². The SMILES string of the molecule is CCOC(=O)CCNC(=O)c1cccc(Cl)c1C. The van der Waals surface area contributed by atoms with E-state index in [0.717, 1.165) is 5.56 Å². The number of hydrogen-bond acceptors (Lipinski definition) is 3. The monoisotopic (exact) mass is 269 g/mol. The highest BCUT2D eigenvalue weighted by Gasteiger charge is 2.11. The van der Waals surface area contributed by atoms with Gasteiger partial charge in [0.15, 0.2) is 0 Å². The van der Waals surface area contributed by atoms with Crippen LogP contribution < -0.4 is 5.32 Å². The van der Waals surface area contributed by atoms with Gasteiger partial charge in [-0.25, -0.2) is 0 Å². The average Bonchev–Trinajstić information content (AvgIpc) is 2.33. The summed E-state index contributed by atoms with van der Waals surface area (Å²) < 4.78 is 4.76. The van der Waals surface area contributed by atoms with Gasteiger partial charge in [-0.3, -0.25) is 9.59 Å². The van der Waals surface area contributed by atoms with E-state index in [-0.39, 0.29) is 24.8 Å². The lowest BCUT2D eigenvalue weighted by molar-refractivity contribution is -0.142. The number of benzene rings is 1. The molecule has 0 aliphatic carbocycles. The van der Waals surface area contributed by atoms with Crippen LogP contribution in [0, 0.1) is 6.92 Å². The van der Waals surface area contributed by atoms with Gasteiger partial charge in [0.25, 0.3) is 5.91 Å². The van der Waals surface area contributed by atoms with Gasteiger partial charge < -0.3 is 10.1 Å². The van der Waals surface area contributed by atoms with Gasteiger partial charge in [-0.15, -0.1) is 0 Å². The molecular weight excluding hydrogens is 254 g/mol. The largest absolute Gasteiger partial charge is 0.466 e. The number of esters is 1. The molecule has 98 valence electrons. The van der Waals surface area contributed by atoms with Crippen molar-refractivity contribution in [1.29, 1.82) is 0 Å². The number of rotatable bonds is 5. The van der Waals surface area contributed by atoms with Crippen molar-refractivity contribution in [2.24, 2.45) is 0 Å². The normalized spacial score (nSPS) is 9.94. The number of hydrogen-bond donors (Lipinski definition) is 1. The second kappa shape index (κ2) is 7.01. The Labute approximate surface area is 111 Å². The molecule has 4 nitrogen and oxygen atoms in total. The van der Waals surface area contributed by atoms with Crippen LogP contribution in [0.15, 0.2) is 18.2 Å². The summed E-state index contributed by atoms with van der Waals surface area (Å²) in [6.07, 6.45) is 0.166. The van der Waals surface area contributed by atoms with Crippen LogP contribution in [0.4, 0.5) is 0 Å². The molecule has 0 fully saturated rings. The minimum Gasteiger partial charge on any atom is -0.466 e.